The second-order valence-electron chi connectivity index (χ2n) is 6.20. The van der Waals surface area contributed by atoms with Crippen molar-refractivity contribution in [1.82, 2.24) is 19.9 Å². The lowest BCUT2D eigenvalue weighted by molar-refractivity contribution is 0.122. The Kier molecular flexibility index (Phi) is 5.11. The maximum atomic E-state index is 9.56. The van der Waals surface area contributed by atoms with E-state index in [1.54, 1.807) is 18.3 Å². The van der Waals surface area contributed by atoms with Crippen molar-refractivity contribution in [2.45, 2.75) is 40.0 Å². The van der Waals surface area contributed by atoms with Gasteiger partial charge in [0.2, 0.25) is 0 Å². The third kappa shape index (κ3) is 3.98. The highest BCUT2D eigenvalue weighted by molar-refractivity contribution is 7.11. The average molecular weight is 336 g/mol. The lowest BCUT2D eigenvalue weighted by atomic mass is 10.2. The second-order valence-corrected chi connectivity index (χ2v) is 7.34. The largest absolute Gasteiger partial charge is 0.386 e. The summed E-state index contributed by atoms with van der Waals surface area (Å²) in [4.78, 5) is 10.4. The Morgan fingerprint density at radius 3 is 2.39 bits per heavy atom. The Labute approximate surface area is 140 Å². The van der Waals surface area contributed by atoms with Crippen LogP contribution in [0.5, 0.6) is 0 Å². The van der Waals surface area contributed by atoms with Crippen LogP contribution < -0.4 is 0 Å². The third-order valence-corrected chi connectivity index (χ3v) is 5.49. The number of rotatable bonds is 5. The van der Waals surface area contributed by atoms with E-state index in [1.807, 2.05) is 20.0 Å². The average Bonchev–Trinajstić information content (AvgIpc) is 3.11. The van der Waals surface area contributed by atoms with Crippen LogP contribution in [0.25, 0.3) is 0 Å². The summed E-state index contributed by atoms with van der Waals surface area (Å²) < 4.78 is 5.25. The van der Waals surface area contributed by atoms with Crippen molar-refractivity contribution in [1.29, 1.82) is 0 Å². The van der Waals surface area contributed by atoms with Crippen molar-refractivity contribution in [2.24, 2.45) is 0 Å². The fourth-order valence-corrected chi connectivity index (χ4v) is 3.76. The van der Waals surface area contributed by atoms with E-state index in [4.69, 9.17) is 4.52 Å². The molecule has 0 aliphatic carbocycles. The van der Waals surface area contributed by atoms with Gasteiger partial charge < -0.3 is 9.63 Å². The lowest BCUT2D eigenvalue weighted by Crippen LogP contribution is -2.45. The number of aromatic nitrogens is 2. The van der Waals surface area contributed by atoms with Gasteiger partial charge in [0, 0.05) is 55.9 Å². The third-order valence-electron chi connectivity index (χ3n) is 4.34. The quantitative estimate of drug-likeness (QED) is 0.902. The molecule has 0 radical (unpaired) electrons. The number of aliphatic hydroxyl groups is 1. The van der Waals surface area contributed by atoms with Crippen LogP contribution in [0.15, 0.2) is 10.7 Å². The number of hydrogen-bond donors (Lipinski definition) is 1. The van der Waals surface area contributed by atoms with E-state index in [9.17, 15) is 5.11 Å². The van der Waals surface area contributed by atoms with Crippen LogP contribution in [0, 0.1) is 13.8 Å². The van der Waals surface area contributed by atoms with Gasteiger partial charge in [-0.3, -0.25) is 9.80 Å². The molecule has 0 saturated carbocycles. The fraction of sp³-hybridized carbons (Fsp3) is 0.625. The van der Waals surface area contributed by atoms with Crippen LogP contribution in [0.2, 0.25) is 0 Å². The molecular weight excluding hydrogens is 312 g/mol. The van der Waals surface area contributed by atoms with E-state index in [0.29, 0.717) is 0 Å². The Hall–Kier alpha value is -1.28. The van der Waals surface area contributed by atoms with E-state index >= 15 is 0 Å². The number of hydrogen-bond acceptors (Lipinski definition) is 7. The highest BCUT2D eigenvalue weighted by atomic mass is 32.1. The molecule has 2 aromatic heterocycles. The van der Waals surface area contributed by atoms with Crippen LogP contribution in [0.4, 0.5) is 0 Å². The van der Waals surface area contributed by atoms with Crippen LogP contribution >= 0.6 is 11.3 Å². The van der Waals surface area contributed by atoms with Gasteiger partial charge in [-0.1, -0.05) is 5.16 Å². The molecule has 126 valence electrons. The zero-order chi connectivity index (χ0) is 16.4. The molecule has 3 rings (SSSR count). The minimum atomic E-state index is -0.472. The molecule has 1 aliphatic heterocycles. The zero-order valence-electron chi connectivity index (χ0n) is 13.9. The first kappa shape index (κ1) is 16.6. The summed E-state index contributed by atoms with van der Waals surface area (Å²) in [5.41, 5.74) is 2.22. The van der Waals surface area contributed by atoms with Gasteiger partial charge in [-0.25, -0.2) is 4.98 Å². The van der Waals surface area contributed by atoms with Crippen LogP contribution in [-0.4, -0.2) is 51.2 Å². The molecule has 1 saturated heterocycles. The smallest absolute Gasteiger partial charge is 0.138 e. The van der Waals surface area contributed by atoms with E-state index in [1.165, 1.54) is 10.4 Å². The highest BCUT2D eigenvalue weighted by Gasteiger charge is 2.20. The van der Waals surface area contributed by atoms with Crippen LogP contribution in [0.1, 0.15) is 39.9 Å². The Balaban J connectivity index is 1.50. The lowest BCUT2D eigenvalue weighted by Gasteiger charge is -2.34. The van der Waals surface area contributed by atoms with Crippen molar-refractivity contribution in [3.05, 3.63) is 33.1 Å². The standard InChI is InChI=1S/C16H24N4O2S/c1-11-15(13(3)22-18-11)10-20-6-4-19(5-7-20)9-14-8-17-16(23-14)12(2)21/h8,12,21H,4-7,9-10H2,1-3H3. The molecular formula is C16H24N4O2S. The van der Waals surface area contributed by atoms with Crippen molar-refractivity contribution >= 4 is 11.3 Å². The maximum absolute atomic E-state index is 9.56. The highest BCUT2D eigenvalue weighted by Crippen LogP contribution is 2.22. The van der Waals surface area contributed by atoms with Crippen LogP contribution in [-0.2, 0) is 13.1 Å². The summed E-state index contributed by atoms with van der Waals surface area (Å²) in [6.07, 6.45) is 1.42. The second kappa shape index (κ2) is 7.09. The summed E-state index contributed by atoms with van der Waals surface area (Å²) in [6.45, 7) is 11.8. The van der Waals surface area contributed by atoms with Gasteiger partial charge in [-0.05, 0) is 20.8 Å². The first-order valence-corrected chi connectivity index (χ1v) is 8.83. The Bertz CT molecular complexity index is 625. The number of thiazole rings is 1. The molecule has 0 amide bonds. The molecule has 1 fully saturated rings. The Morgan fingerprint density at radius 2 is 1.87 bits per heavy atom. The van der Waals surface area contributed by atoms with Crippen molar-refractivity contribution in [3.63, 3.8) is 0 Å². The van der Waals surface area contributed by atoms with E-state index < -0.39 is 6.10 Å². The number of piperazine rings is 1. The monoisotopic (exact) mass is 336 g/mol. The van der Waals surface area contributed by atoms with Crippen molar-refractivity contribution in [2.75, 3.05) is 26.2 Å². The molecule has 23 heavy (non-hydrogen) atoms. The molecule has 0 spiro atoms. The first-order chi connectivity index (χ1) is 11.0. The summed E-state index contributed by atoms with van der Waals surface area (Å²) in [6, 6.07) is 0. The van der Waals surface area contributed by atoms with Gasteiger partial charge in [0.1, 0.15) is 16.9 Å². The number of aryl methyl sites for hydroxylation is 2. The van der Waals surface area contributed by atoms with Gasteiger partial charge in [-0.15, -0.1) is 11.3 Å². The SMILES string of the molecule is Cc1noc(C)c1CN1CCN(Cc2cnc(C(C)O)s2)CC1. The van der Waals surface area contributed by atoms with E-state index in [2.05, 4.69) is 19.9 Å². The molecule has 3 heterocycles. The van der Waals surface area contributed by atoms with Gasteiger partial charge in [-0.2, -0.15) is 0 Å². The molecule has 2 aromatic rings. The molecule has 1 N–H and O–H groups in total. The molecule has 1 aliphatic rings. The number of nitrogens with zero attached hydrogens (tertiary/aromatic N) is 4. The van der Waals surface area contributed by atoms with Crippen molar-refractivity contribution in [3.8, 4) is 0 Å². The van der Waals surface area contributed by atoms with Crippen molar-refractivity contribution < 1.29 is 9.63 Å². The van der Waals surface area contributed by atoms with Gasteiger partial charge in [0.05, 0.1) is 5.69 Å². The number of aliphatic hydroxyl groups excluding tert-OH is 1. The van der Waals surface area contributed by atoms with Crippen LogP contribution in [0.3, 0.4) is 0 Å². The minimum Gasteiger partial charge on any atom is -0.386 e. The molecule has 7 heteroatoms. The van der Waals surface area contributed by atoms with Gasteiger partial charge >= 0.3 is 0 Å². The minimum absolute atomic E-state index is 0.472. The first-order valence-electron chi connectivity index (χ1n) is 8.02. The molecule has 0 bridgehead atoms. The van der Waals surface area contributed by atoms with E-state index in [0.717, 1.165) is 55.7 Å². The maximum Gasteiger partial charge on any atom is 0.138 e. The Morgan fingerprint density at radius 1 is 1.22 bits per heavy atom. The van der Waals surface area contributed by atoms with Gasteiger partial charge in [0.25, 0.3) is 0 Å². The van der Waals surface area contributed by atoms with E-state index in [-0.39, 0.29) is 0 Å². The van der Waals surface area contributed by atoms with Gasteiger partial charge in [0.15, 0.2) is 0 Å². The molecule has 1 atom stereocenters. The fourth-order valence-electron chi connectivity index (χ4n) is 2.87. The predicted octanol–water partition coefficient (Wildman–Crippen LogP) is 2.12. The topological polar surface area (TPSA) is 65.6 Å². The summed E-state index contributed by atoms with van der Waals surface area (Å²) in [5.74, 6) is 0.931. The molecule has 6 nitrogen and oxygen atoms in total. The predicted molar refractivity (Wildman–Crippen MR) is 89.3 cm³/mol. The normalized spacial score (nSPS) is 18.4. The summed E-state index contributed by atoms with van der Waals surface area (Å²) >= 11 is 1.61. The molecule has 0 aromatic carbocycles. The zero-order valence-corrected chi connectivity index (χ0v) is 14.8. The summed E-state index contributed by atoms with van der Waals surface area (Å²) in [5, 5.41) is 14.4. The molecule has 1 unspecified atom stereocenters. The summed E-state index contributed by atoms with van der Waals surface area (Å²) in [7, 11) is 0.